The lowest BCUT2D eigenvalue weighted by atomic mass is 9.74. The first-order chi connectivity index (χ1) is 16.9. The van der Waals surface area contributed by atoms with E-state index in [4.69, 9.17) is 9.40 Å². The summed E-state index contributed by atoms with van der Waals surface area (Å²) in [6, 6.07) is 20.4. The number of pyridine rings is 1. The molecule has 6 rings (SSSR count). The lowest BCUT2D eigenvalue weighted by Crippen LogP contribution is -2.22. The van der Waals surface area contributed by atoms with Crippen molar-refractivity contribution in [2.45, 2.75) is 65.7 Å². The van der Waals surface area contributed by atoms with E-state index in [1.54, 1.807) is 0 Å². The average molecular weight is 460 g/mol. The standard InChI is InChI=1S/C33H33NO/c1-7-33(8-2)27-12-10-9-11-22(27)25-15-26-23-14-13-20(5)31(32(23)35-30(26)17-28(25)33)29-16-24(19(3)4)21(6)18-34-29/h9-19H,7-8H2,1-6H3. The zero-order valence-corrected chi connectivity index (χ0v) is 21.6. The largest absolute Gasteiger partial charge is 0.455 e. The molecule has 3 aromatic carbocycles. The highest BCUT2D eigenvalue weighted by Gasteiger charge is 2.41. The molecule has 0 aliphatic heterocycles. The Labute approximate surface area is 208 Å². The van der Waals surface area contributed by atoms with Gasteiger partial charge in [-0.15, -0.1) is 0 Å². The Balaban J connectivity index is 1.66. The molecule has 1 aliphatic carbocycles. The van der Waals surface area contributed by atoms with Gasteiger partial charge >= 0.3 is 0 Å². The number of fused-ring (bicyclic) bond motifs is 6. The highest BCUT2D eigenvalue weighted by molar-refractivity contribution is 6.12. The smallest absolute Gasteiger partial charge is 0.145 e. The molecule has 2 heterocycles. The summed E-state index contributed by atoms with van der Waals surface area (Å²) in [4.78, 5) is 4.85. The summed E-state index contributed by atoms with van der Waals surface area (Å²) in [6.07, 6.45) is 4.16. The molecule has 0 fully saturated rings. The second kappa shape index (κ2) is 7.81. The van der Waals surface area contributed by atoms with Crippen LogP contribution in [0.25, 0.3) is 44.3 Å². The first-order valence-electron chi connectivity index (χ1n) is 13.0. The molecule has 5 aromatic rings. The van der Waals surface area contributed by atoms with Crippen LogP contribution in [0.15, 0.2) is 65.2 Å². The van der Waals surface area contributed by atoms with Gasteiger partial charge in [-0.1, -0.05) is 64.1 Å². The van der Waals surface area contributed by atoms with Crippen LogP contribution in [0.5, 0.6) is 0 Å². The van der Waals surface area contributed by atoms with Gasteiger partial charge in [-0.3, -0.25) is 4.98 Å². The minimum atomic E-state index is 0.0442. The second-order valence-electron chi connectivity index (χ2n) is 10.5. The molecule has 176 valence electrons. The summed E-state index contributed by atoms with van der Waals surface area (Å²) in [7, 11) is 0. The fourth-order valence-corrected chi connectivity index (χ4v) is 6.51. The van der Waals surface area contributed by atoms with E-state index in [0.717, 1.165) is 35.3 Å². The van der Waals surface area contributed by atoms with Gasteiger partial charge in [0.15, 0.2) is 0 Å². The van der Waals surface area contributed by atoms with Crippen molar-refractivity contribution in [1.82, 2.24) is 4.98 Å². The normalized spacial score (nSPS) is 14.1. The van der Waals surface area contributed by atoms with Gasteiger partial charge in [-0.2, -0.15) is 0 Å². The minimum absolute atomic E-state index is 0.0442. The SMILES string of the molecule is CCC1(CC)c2ccccc2-c2cc3c(cc21)oc1c(-c2cc(C(C)C)c(C)cn2)c(C)ccc13. The molecule has 35 heavy (non-hydrogen) atoms. The van der Waals surface area contributed by atoms with Crippen molar-refractivity contribution in [3.8, 4) is 22.4 Å². The molecular weight excluding hydrogens is 426 g/mol. The summed E-state index contributed by atoms with van der Waals surface area (Å²) in [5.74, 6) is 0.450. The molecule has 0 saturated heterocycles. The minimum Gasteiger partial charge on any atom is -0.455 e. The molecule has 2 nitrogen and oxygen atoms in total. The van der Waals surface area contributed by atoms with Crippen LogP contribution in [0, 0.1) is 13.8 Å². The van der Waals surface area contributed by atoms with Gasteiger partial charge in [0.1, 0.15) is 11.2 Å². The quantitative estimate of drug-likeness (QED) is 0.267. The lowest BCUT2D eigenvalue weighted by molar-refractivity contribution is 0.490. The number of furan rings is 1. The van der Waals surface area contributed by atoms with Gasteiger partial charge in [-0.25, -0.2) is 0 Å². The van der Waals surface area contributed by atoms with Crippen LogP contribution in [0.2, 0.25) is 0 Å². The average Bonchev–Trinajstić information content (AvgIpc) is 3.35. The Hall–Kier alpha value is -3.39. The van der Waals surface area contributed by atoms with Crippen LogP contribution < -0.4 is 0 Å². The summed E-state index contributed by atoms with van der Waals surface area (Å²) >= 11 is 0. The Morgan fingerprint density at radius 1 is 0.829 bits per heavy atom. The Kier molecular flexibility index (Phi) is 4.93. The molecule has 0 bridgehead atoms. The van der Waals surface area contributed by atoms with Gasteiger partial charge in [0, 0.05) is 27.9 Å². The van der Waals surface area contributed by atoms with Crippen molar-refractivity contribution in [3.63, 3.8) is 0 Å². The lowest BCUT2D eigenvalue weighted by Gasteiger charge is -2.29. The molecule has 0 saturated carbocycles. The van der Waals surface area contributed by atoms with Crippen LogP contribution in [-0.4, -0.2) is 4.98 Å². The third-order valence-electron chi connectivity index (χ3n) is 8.47. The van der Waals surface area contributed by atoms with Crippen molar-refractivity contribution in [3.05, 3.63) is 88.6 Å². The number of aromatic nitrogens is 1. The summed E-state index contributed by atoms with van der Waals surface area (Å²) in [5.41, 5.74) is 13.4. The van der Waals surface area contributed by atoms with Crippen molar-refractivity contribution in [2.75, 3.05) is 0 Å². The van der Waals surface area contributed by atoms with Gasteiger partial charge in [0.25, 0.3) is 0 Å². The molecule has 0 radical (unpaired) electrons. The van der Waals surface area contributed by atoms with Crippen LogP contribution in [-0.2, 0) is 5.41 Å². The zero-order valence-electron chi connectivity index (χ0n) is 21.6. The van der Waals surface area contributed by atoms with E-state index in [9.17, 15) is 0 Å². The second-order valence-corrected chi connectivity index (χ2v) is 10.5. The van der Waals surface area contributed by atoms with Gasteiger partial charge < -0.3 is 4.42 Å². The molecule has 0 spiro atoms. The number of hydrogen-bond donors (Lipinski definition) is 0. The third kappa shape index (κ3) is 2.99. The van der Waals surface area contributed by atoms with E-state index >= 15 is 0 Å². The maximum atomic E-state index is 6.72. The van der Waals surface area contributed by atoms with Gasteiger partial charge in [0.2, 0.25) is 0 Å². The predicted molar refractivity (Wildman–Crippen MR) is 147 cm³/mol. The maximum absolute atomic E-state index is 6.72. The Bertz CT molecular complexity index is 1610. The Morgan fingerprint density at radius 3 is 2.34 bits per heavy atom. The van der Waals surface area contributed by atoms with Crippen LogP contribution >= 0.6 is 0 Å². The number of rotatable bonds is 4. The van der Waals surface area contributed by atoms with Crippen LogP contribution in [0.1, 0.15) is 74.3 Å². The molecule has 0 N–H and O–H groups in total. The monoisotopic (exact) mass is 459 g/mol. The molecule has 0 atom stereocenters. The number of hydrogen-bond acceptors (Lipinski definition) is 2. The summed E-state index contributed by atoms with van der Waals surface area (Å²) < 4.78 is 6.72. The molecule has 0 unspecified atom stereocenters. The van der Waals surface area contributed by atoms with E-state index < -0.39 is 0 Å². The summed E-state index contributed by atoms with van der Waals surface area (Å²) in [6.45, 7) is 13.4. The molecular formula is C33H33NO. The van der Waals surface area contributed by atoms with E-state index in [1.807, 2.05) is 6.20 Å². The third-order valence-corrected chi connectivity index (χ3v) is 8.47. The highest BCUT2D eigenvalue weighted by atomic mass is 16.3. The summed E-state index contributed by atoms with van der Waals surface area (Å²) in [5, 5.41) is 2.36. The van der Waals surface area contributed by atoms with E-state index in [-0.39, 0.29) is 5.41 Å². The first kappa shape index (κ1) is 22.1. The fourth-order valence-electron chi connectivity index (χ4n) is 6.51. The topological polar surface area (TPSA) is 26.0 Å². The molecule has 2 heteroatoms. The molecule has 0 amide bonds. The first-order valence-corrected chi connectivity index (χ1v) is 13.0. The van der Waals surface area contributed by atoms with Crippen molar-refractivity contribution in [2.24, 2.45) is 0 Å². The van der Waals surface area contributed by atoms with Crippen LogP contribution in [0.3, 0.4) is 0 Å². The zero-order chi connectivity index (χ0) is 24.5. The molecule has 2 aromatic heterocycles. The van der Waals surface area contributed by atoms with Gasteiger partial charge in [-0.05, 0) is 89.8 Å². The Morgan fingerprint density at radius 2 is 1.60 bits per heavy atom. The number of aryl methyl sites for hydroxylation is 2. The number of benzene rings is 3. The fraction of sp³-hybridized carbons (Fsp3) is 0.303. The highest BCUT2D eigenvalue weighted by Crippen LogP contribution is 2.54. The van der Waals surface area contributed by atoms with E-state index in [0.29, 0.717) is 5.92 Å². The van der Waals surface area contributed by atoms with E-state index in [1.165, 1.54) is 49.7 Å². The van der Waals surface area contributed by atoms with Crippen molar-refractivity contribution < 1.29 is 4.42 Å². The van der Waals surface area contributed by atoms with Gasteiger partial charge in [0.05, 0.1) is 5.69 Å². The van der Waals surface area contributed by atoms with E-state index in [2.05, 4.69) is 96.1 Å². The van der Waals surface area contributed by atoms with Crippen molar-refractivity contribution >= 4 is 21.9 Å². The predicted octanol–water partition coefficient (Wildman–Crippen LogP) is 9.47. The molecule has 1 aliphatic rings. The maximum Gasteiger partial charge on any atom is 0.145 e. The number of nitrogens with zero attached hydrogens (tertiary/aromatic N) is 1. The van der Waals surface area contributed by atoms with Crippen LogP contribution in [0.4, 0.5) is 0 Å². The van der Waals surface area contributed by atoms with Crippen molar-refractivity contribution in [1.29, 1.82) is 0 Å².